The smallest absolute Gasteiger partial charge is 0.338 e. The lowest BCUT2D eigenvalue weighted by Gasteiger charge is -2.48. The Hall–Kier alpha value is -1.10. The number of halogens is 1. The number of likely N-dealkylation sites (tertiary alicyclic amines) is 1. The first-order valence-corrected chi connectivity index (χ1v) is 8.15. The second kappa shape index (κ2) is 8.67. The highest BCUT2D eigenvalue weighted by Gasteiger charge is 2.41. The number of piperidine rings is 1. The van der Waals surface area contributed by atoms with Crippen LogP contribution in [0.2, 0.25) is 0 Å². The highest BCUT2D eigenvalue weighted by atomic mass is 35.5. The Balaban J connectivity index is 0.00000132. The number of esters is 1. The van der Waals surface area contributed by atoms with Crippen LogP contribution in [0.5, 0.6) is 0 Å². The van der Waals surface area contributed by atoms with E-state index in [1.807, 2.05) is 30.3 Å². The molecule has 1 aromatic rings. The number of nitrogens with zero attached hydrogens (tertiary/aromatic N) is 1. The molecule has 1 heterocycles. The van der Waals surface area contributed by atoms with E-state index in [4.69, 9.17) is 4.74 Å². The minimum atomic E-state index is -0.164. The van der Waals surface area contributed by atoms with Gasteiger partial charge in [0.2, 0.25) is 0 Å². The minimum Gasteiger partial charge on any atom is -0.458 e. The Bertz CT molecular complexity index is 496. The van der Waals surface area contributed by atoms with Gasteiger partial charge >= 0.3 is 5.97 Å². The van der Waals surface area contributed by atoms with Gasteiger partial charge in [0.05, 0.1) is 5.56 Å². The van der Waals surface area contributed by atoms with Gasteiger partial charge < -0.3 is 15.1 Å². The van der Waals surface area contributed by atoms with E-state index in [0.29, 0.717) is 23.6 Å². The average molecular weight is 342 g/mol. The first-order valence-electron chi connectivity index (χ1n) is 8.15. The summed E-state index contributed by atoms with van der Waals surface area (Å²) in [6.07, 6.45) is 5.89. The van der Waals surface area contributed by atoms with Crippen molar-refractivity contribution < 1.29 is 15.0 Å². The zero-order valence-corrected chi connectivity index (χ0v) is 14.7. The first kappa shape index (κ1) is 19.9. The lowest BCUT2D eigenvalue weighted by molar-refractivity contribution is -0.0517. The minimum absolute atomic E-state index is 0. The molecule has 0 radical (unpaired) electrons. The van der Waals surface area contributed by atoms with Crippen molar-refractivity contribution in [1.29, 1.82) is 0 Å². The Labute approximate surface area is 144 Å². The summed E-state index contributed by atoms with van der Waals surface area (Å²) in [5.74, 6) is 0.343. The van der Waals surface area contributed by atoms with Crippen LogP contribution in [0.1, 0.15) is 49.4 Å². The van der Waals surface area contributed by atoms with Crippen molar-refractivity contribution in [2.75, 3.05) is 7.05 Å². The van der Waals surface area contributed by atoms with Gasteiger partial charge in [0.1, 0.15) is 6.10 Å². The maximum Gasteiger partial charge on any atom is 0.338 e. The summed E-state index contributed by atoms with van der Waals surface area (Å²) >= 11 is 0. The van der Waals surface area contributed by atoms with Crippen LogP contribution in [-0.4, -0.2) is 41.6 Å². The third-order valence-electron chi connectivity index (χ3n) is 5.36. The van der Waals surface area contributed by atoms with Crippen molar-refractivity contribution in [2.45, 2.75) is 57.2 Å². The lowest BCUT2D eigenvalue weighted by Crippen LogP contribution is -2.53. The number of carbonyl (C=O) groups excluding carboxylic acids is 1. The van der Waals surface area contributed by atoms with Crippen molar-refractivity contribution >= 4 is 18.4 Å². The maximum absolute atomic E-state index is 12.3. The molecule has 2 N–H and O–H groups in total. The summed E-state index contributed by atoms with van der Waals surface area (Å²) in [6.45, 7) is 2.30. The number of fused-ring (bicyclic) bond motifs is 1. The summed E-state index contributed by atoms with van der Waals surface area (Å²) in [5, 5.41) is 0. The molecule has 2 aliphatic rings. The zero-order chi connectivity index (χ0) is 14.8. The molecular formula is C18H28ClNO3. The zero-order valence-electron chi connectivity index (χ0n) is 13.9. The van der Waals surface area contributed by atoms with Gasteiger partial charge in [0, 0.05) is 18.0 Å². The van der Waals surface area contributed by atoms with E-state index in [1.165, 1.54) is 19.3 Å². The Morgan fingerprint density at radius 2 is 1.83 bits per heavy atom. The van der Waals surface area contributed by atoms with Gasteiger partial charge in [-0.3, -0.25) is 0 Å². The van der Waals surface area contributed by atoms with Crippen LogP contribution in [-0.2, 0) is 4.74 Å². The van der Waals surface area contributed by atoms with Gasteiger partial charge in [-0.25, -0.2) is 4.79 Å². The topological polar surface area (TPSA) is 61.0 Å². The van der Waals surface area contributed by atoms with Gasteiger partial charge in [-0.2, -0.15) is 0 Å². The number of benzene rings is 1. The number of rotatable bonds is 2. The Morgan fingerprint density at radius 3 is 2.52 bits per heavy atom. The van der Waals surface area contributed by atoms with Gasteiger partial charge in [-0.1, -0.05) is 18.2 Å². The van der Waals surface area contributed by atoms with Crippen LogP contribution in [0.25, 0.3) is 0 Å². The summed E-state index contributed by atoms with van der Waals surface area (Å²) in [6, 6.07) is 10.6. The van der Waals surface area contributed by atoms with Crippen molar-refractivity contribution in [2.24, 2.45) is 5.92 Å². The van der Waals surface area contributed by atoms with Crippen molar-refractivity contribution in [3.63, 3.8) is 0 Å². The number of hydrogen-bond donors (Lipinski definition) is 0. The van der Waals surface area contributed by atoms with E-state index in [0.717, 1.165) is 12.8 Å². The predicted octanol–water partition coefficient (Wildman–Crippen LogP) is 3.09. The third kappa shape index (κ3) is 4.25. The molecule has 0 bridgehead atoms. The molecule has 4 unspecified atom stereocenters. The van der Waals surface area contributed by atoms with Crippen molar-refractivity contribution in [3.8, 4) is 0 Å². The SMILES string of the molecule is CC1CCC2C(OC(=O)c3ccccc3)CCCC2N1C.Cl.O. The fraction of sp³-hybridized carbons (Fsp3) is 0.611. The monoisotopic (exact) mass is 341 g/mol. The molecule has 1 saturated heterocycles. The van der Waals surface area contributed by atoms with Crippen molar-refractivity contribution in [1.82, 2.24) is 4.90 Å². The van der Waals surface area contributed by atoms with Gasteiger partial charge in [0.15, 0.2) is 0 Å². The van der Waals surface area contributed by atoms with Gasteiger partial charge in [0.25, 0.3) is 0 Å². The van der Waals surface area contributed by atoms with E-state index in [9.17, 15) is 4.79 Å². The fourth-order valence-corrected chi connectivity index (χ4v) is 3.98. The van der Waals surface area contributed by atoms with E-state index in [-0.39, 0.29) is 30.0 Å². The molecule has 0 spiro atoms. The van der Waals surface area contributed by atoms with Crippen LogP contribution in [0.4, 0.5) is 0 Å². The molecular weight excluding hydrogens is 314 g/mol. The second-order valence-corrected chi connectivity index (χ2v) is 6.56. The summed E-state index contributed by atoms with van der Waals surface area (Å²) in [7, 11) is 2.23. The van der Waals surface area contributed by atoms with Crippen molar-refractivity contribution in [3.05, 3.63) is 35.9 Å². The van der Waals surface area contributed by atoms with Crippen LogP contribution in [0.3, 0.4) is 0 Å². The largest absolute Gasteiger partial charge is 0.458 e. The molecule has 1 aliphatic carbocycles. The standard InChI is InChI=1S/C18H25NO2.ClH.H2O/c1-13-11-12-15-16(19(13)2)9-6-10-17(15)21-18(20)14-7-4-3-5-8-14;;/h3-5,7-8,13,15-17H,6,9-12H2,1-2H3;1H;1H2. The average Bonchev–Trinajstić information content (AvgIpc) is 2.52. The molecule has 4 nitrogen and oxygen atoms in total. The van der Waals surface area contributed by atoms with E-state index >= 15 is 0 Å². The summed E-state index contributed by atoms with van der Waals surface area (Å²) in [4.78, 5) is 14.8. The molecule has 3 rings (SSSR count). The third-order valence-corrected chi connectivity index (χ3v) is 5.36. The number of ether oxygens (including phenoxy) is 1. The molecule has 5 heteroatoms. The molecule has 0 aromatic heterocycles. The first-order chi connectivity index (χ1) is 10.2. The molecule has 1 aliphatic heterocycles. The van der Waals surface area contributed by atoms with E-state index < -0.39 is 0 Å². The number of hydrogen-bond acceptors (Lipinski definition) is 3. The highest BCUT2D eigenvalue weighted by Crippen LogP contribution is 2.38. The fourth-order valence-electron chi connectivity index (χ4n) is 3.98. The van der Waals surface area contributed by atoms with E-state index in [2.05, 4.69) is 18.9 Å². The molecule has 4 atom stereocenters. The molecule has 2 fully saturated rings. The van der Waals surface area contributed by atoms with Crippen LogP contribution in [0, 0.1) is 5.92 Å². The lowest BCUT2D eigenvalue weighted by atomic mass is 9.75. The normalized spacial score (nSPS) is 30.3. The van der Waals surface area contributed by atoms with E-state index in [1.54, 1.807) is 0 Å². The molecule has 23 heavy (non-hydrogen) atoms. The Morgan fingerprint density at radius 1 is 1.13 bits per heavy atom. The molecule has 130 valence electrons. The predicted molar refractivity (Wildman–Crippen MR) is 94.1 cm³/mol. The molecule has 0 amide bonds. The quantitative estimate of drug-likeness (QED) is 0.776. The van der Waals surface area contributed by atoms with Crippen LogP contribution >= 0.6 is 12.4 Å². The van der Waals surface area contributed by atoms with Crippen LogP contribution in [0.15, 0.2) is 30.3 Å². The second-order valence-electron chi connectivity index (χ2n) is 6.56. The van der Waals surface area contributed by atoms with Crippen LogP contribution < -0.4 is 0 Å². The van der Waals surface area contributed by atoms with Gasteiger partial charge in [-0.15, -0.1) is 12.4 Å². The molecule has 1 saturated carbocycles. The molecule has 1 aromatic carbocycles. The highest BCUT2D eigenvalue weighted by molar-refractivity contribution is 5.89. The Kier molecular flexibility index (Phi) is 7.52. The van der Waals surface area contributed by atoms with Gasteiger partial charge in [-0.05, 0) is 58.2 Å². The summed E-state index contributed by atoms with van der Waals surface area (Å²) in [5.41, 5.74) is 0.664. The maximum atomic E-state index is 12.3. The summed E-state index contributed by atoms with van der Waals surface area (Å²) < 4.78 is 5.86. The number of carbonyl (C=O) groups is 1.